The lowest BCUT2D eigenvalue weighted by atomic mass is 10.1. The topological polar surface area (TPSA) is 55.8 Å². The second kappa shape index (κ2) is 6.42. The lowest BCUT2D eigenvalue weighted by Gasteiger charge is -2.13. The van der Waals surface area contributed by atoms with Crippen LogP contribution < -0.4 is 4.74 Å². The van der Waals surface area contributed by atoms with Gasteiger partial charge in [0.15, 0.2) is 6.61 Å². The lowest BCUT2D eigenvalue weighted by molar-refractivity contribution is -0.153. The minimum Gasteiger partial charge on any atom is -0.484 e. The zero-order valence-electron chi connectivity index (χ0n) is 10.2. The Morgan fingerprint density at radius 1 is 1.37 bits per heavy atom. The van der Waals surface area contributed by atoms with Gasteiger partial charge in [-0.25, -0.2) is 0 Å². The summed E-state index contributed by atoms with van der Waals surface area (Å²) < 4.78 is 45.1. The molecular formula is C12H13F3O4. The molecule has 0 spiro atoms. The minimum atomic E-state index is -4.45. The molecule has 1 rings (SSSR count). The summed E-state index contributed by atoms with van der Waals surface area (Å²) in [7, 11) is 1.23. The van der Waals surface area contributed by atoms with E-state index in [9.17, 15) is 18.0 Å². The van der Waals surface area contributed by atoms with Crippen molar-refractivity contribution in [2.45, 2.75) is 19.2 Å². The van der Waals surface area contributed by atoms with Crippen molar-refractivity contribution in [3.8, 4) is 5.75 Å². The van der Waals surface area contributed by atoms with Crippen molar-refractivity contribution in [3.05, 3.63) is 29.3 Å². The van der Waals surface area contributed by atoms with E-state index in [2.05, 4.69) is 9.47 Å². The van der Waals surface area contributed by atoms with E-state index in [0.29, 0.717) is 5.56 Å². The van der Waals surface area contributed by atoms with Gasteiger partial charge in [-0.1, -0.05) is 6.07 Å². The first kappa shape index (κ1) is 15.3. The molecule has 7 heteroatoms. The van der Waals surface area contributed by atoms with E-state index in [4.69, 9.17) is 5.11 Å². The molecular weight excluding hydrogens is 265 g/mol. The van der Waals surface area contributed by atoms with Crippen molar-refractivity contribution in [3.63, 3.8) is 0 Å². The maximum absolute atomic E-state index is 12.0. The number of hydrogen-bond donors (Lipinski definition) is 1. The normalized spacial score (nSPS) is 11.2. The summed E-state index contributed by atoms with van der Waals surface area (Å²) in [6.45, 7) is -1.92. The van der Waals surface area contributed by atoms with E-state index in [-0.39, 0.29) is 17.7 Å². The van der Waals surface area contributed by atoms with E-state index in [1.165, 1.54) is 25.3 Å². The number of ether oxygens (including phenoxy) is 2. The fourth-order valence-corrected chi connectivity index (χ4v) is 1.41. The first-order valence-electron chi connectivity index (χ1n) is 5.34. The van der Waals surface area contributed by atoms with Gasteiger partial charge in [0, 0.05) is 5.56 Å². The van der Waals surface area contributed by atoms with E-state index in [0.717, 1.165) is 0 Å². The van der Waals surface area contributed by atoms with Gasteiger partial charge in [0.2, 0.25) is 0 Å². The van der Waals surface area contributed by atoms with Gasteiger partial charge < -0.3 is 14.6 Å². The number of hydrogen-bond acceptors (Lipinski definition) is 4. The molecule has 0 aliphatic carbocycles. The standard InChI is InChI=1S/C12H13F3O4/c1-18-11(17)5-8-2-3-10(9(4-8)6-16)19-7-12(13,14)15/h2-4,16H,5-7H2,1H3. The summed E-state index contributed by atoms with van der Waals surface area (Å²) in [6.07, 6.45) is -4.47. The highest BCUT2D eigenvalue weighted by molar-refractivity contribution is 5.72. The van der Waals surface area contributed by atoms with E-state index in [1.54, 1.807) is 0 Å². The van der Waals surface area contributed by atoms with Gasteiger partial charge in [-0.3, -0.25) is 4.79 Å². The fourth-order valence-electron chi connectivity index (χ4n) is 1.41. The highest BCUT2D eigenvalue weighted by Crippen LogP contribution is 2.24. The Bertz CT molecular complexity index is 443. The average Bonchev–Trinajstić information content (AvgIpc) is 2.35. The number of carbonyl (C=O) groups is 1. The van der Waals surface area contributed by atoms with E-state index < -0.39 is 25.4 Å². The summed E-state index contributed by atoms with van der Waals surface area (Å²) in [4.78, 5) is 11.1. The maximum atomic E-state index is 12.0. The highest BCUT2D eigenvalue weighted by Gasteiger charge is 2.28. The zero-order chi connectivity index (χ0) is 14.5. The predicted molar refractivity (Wildman–Crippen MR) is 59.6 cm³/mol. The Morgan fingerprint density at radius 2 is 2.05 bits per heavy atom. The lowest BCUT2D eigenvalue weighted by Crippen LogP contribution is -2.19. The second-order valence-corrected chi connectivity index (χ2v) is 3.76. The molecule has 0 aliphatic rings. The monoisotopic (exact) mass is 278 g/mol. The average molecular weight is 278 g/mol. The zero-order valence-corrected chi connectivity index (χ0v) is 10.2. The molecule has 1 aromatic rings. The largest absolute Gasteiger partial charge is 0.484 e. The molecule has 0 aromatic heterocycles. The van der Waals surface area contributed by atoms with Crippen LogP contribution in [-0.4, -0.2) is 31.0 Å². The Morgan fingerprint density at radius 3 is 2.58 bits per heavy atom. The molecule has 0 unspecified atom stereocenters. The van der Waals surface area contributed by atoms with Crippen molar-refractivity contribution < 1.29 is 32.5 Å². The van der Waals surface area contributed by atoms with Gasteiger partial charge in [0.05, 0.1) is 20.1 Å². The van der Waals surface area contributed by atoms with Crippen molar-refractivity contribution in [2.75, 3.05) is 13.7 Å². The summed E-state index contributed by atoms with van der Waals surface area (Å²) >= 11 is 0. The van der Waals surface area contributed by atoms with E-state index in [1.807, 2.05) is 0 Å². The van der Waals surface area contributed by atoms with Crippen LogP contribution in [0, 0.1) is 0 Å². The first-order chi connectivity index (χ1) is 8.85. The van der Waals surface area contributed by atoms with Crippen LogP contribution in [0.25, 0.3) is 0 Å². The number of carbonyl (C=O) groups excluding carboxylic acids is 1. The SMILES string of the molecule is COC(=O)Cc1ccc(OCC(F)(F)F)c(CO)c1. The molecule has 19 heavy (non-hydrogen) atoms. The van der Waals surface area contributed by atoms with Crippen LogP contribution in [0.4, 0.5) is 13.2 Å². The van der Waals surface area contributed by atoms with Crippen LogP contribution in [0.15, 0.2) is 18.2 Å². The summed E-state index contributed by atoms with van der Waals surface area (Å²) in [5, 5.41) is 9.09. The maximum Gasteiger partial charge on any atom is 0.422 e. The van der Waals surface area contributed by atoms with Gasteiger partial charge in [0.1, 0.15) is 5.75 Å². The Kier molecular flexibility index (Phi) is 5.17. The molecule has 0 atom stereocenters. The van der Waals surface area contributed by atoms with E-state index >= 15 is 0 Å². The number of benzene rings is 1. The Hall–Kier alpha value is -1.76. The molecule has 0 saturated carbocycles. The summed E-state index contributed by atoms with van der Waals surface area (Å²) in [5.74, 6) is -0.540. The van der Waals surface area contributed by atoms with Gasteiger partial charge in [0.25, 0.3) is 0 Å². The number of alkyl halides is 3. The van der Waals surface area contributed by atoms with Crippen molar-refractivity contribution in [1.82, 2.24) is 0 Å². The van der Waals surface area contributed by atoms with Gasteiger partial charge >= 0.3 is 12.1 Å². The predicted octanol–water partition coefficient (Wildman–Crippen LogP) is 1.84. The number of aliphatic hydroxyl groups is 1. The summed E-state index contributed by atoms with van der Waals surface area (Å²) in [5.41, 5.74) is 0.709. The second-order valence-electron chi connectivity index (χ2n) is 3.76. The van der Waals surface area contributed by atoms with Crippen LogP contribution in [0.3, 0.4) is 0 Å². The quantitative estimate of drug-likeness (QED) is 0.835. The molecule has 0 amide bonds. The minimum absolute atomic E-state index is 0.0248. The molecule has 0 fully saturated rings. The molecule has 0 saturated heterocycles. The molecule has 0 aliphatic heterocycles. The molecule has 1 aromatic carbocycles. The smallest absolute Gasteiger partial charge is 0.422 e. The molecule has 4 nitrogen and oxygen atoms in total. The number of halogens is 3. The van der Waals surface area contributed by atoms with Crippen LogP contribution in [-0.2, 0) is 22.6 Å². The van der Waals surface area contributed by atoms with Crippen molar-refractivity contribution >= 4 is 5.97 Å². The Balaban J connectivity index is 2.81. The molecule has 106 valence electrons. The van der Waals surface area contributed by atoms with Gasteiger partial charge in [-0.2, -0.15) is 13.2 Å². The van der Waals surface area contributed by atoms with Crippen LogP contribution in [0.1, 0.15) is 11.1 Å². The Labute approximate surface area is 107 Å². The molecule has 0 radical (unpaired) electrons. The third kappa shape index (κ3) is 5.17. The molecule has 0 bridgehead atoms. The molecule has 1 N–H and O–H groups in total. The van der Waals surface area contributed by atoms with Crippen LogP contribution >= 0.6 is 0 Å². The number of rotatable bonds is 5. The number of methoxy groups -OCH3 is 1. The van der Waals surface area contributed by atoms with Gasteiger partial charge in [-0.05, 0) is 17.7 Å². The fraction of sp³-hybridized carbons (Fsp3) is 0.417. The number of esters is 1. The van der Waals surface area contributed by atoms with Crippen molar-refractivity contribution in [1.29, 1.82) is 0 Å². The van der Waals surface area contributed by atoms with Crippen molar-refractivity contribution in [2.24, 2.45) is 0 Å². The molecule has 0 heterocycles. The number of aliphatic hydroxyl groups excluding tert-OH is 1. The van der Waals surface area contributed by atoms with Gasteiger partial charge in [-0.15, -0.1) is 0 Å². The van der Waals surface area contributed by atoms with Crippen LogP contribution in [0.2, 0.25) is 0 Å². The third-order valence-electron chi connectivity index (χ3n) is 2.26. The van der Waals surface area contributed by atoms with Crippen LogP contribution in [0.5, 0.6) is 5.75 Å². The highest BCUT2D eigenvalue weighted by atomic mass is 19.4. The first-order valence-corrected chi connectivity index (χ1v) is 5.34. The third-order valence-corrected chi connectivity index (χ3v) is 2.26. The summed E-state index contributed by atoms with van der Waals surface area (Å²) in [6, 6.07) is 4.14.